The zero-order valence-corrected chi connectivity index (χ0v) is 23.1. The van der Waals surface area contributed by atoms with Crippen LogP contribution in [0.25, 0.3) is 0 Å². The molecule has 0 bridgehead atoms. The second kappa shape index (κ2) is 10.8. The van der Waals surface area contributed by atoms with Crippen LogP contribution in [0.3, 0.4) is 0 Å². The highest BCUT2D eigenvalue weighted by Crippen LogP contribution is 2.27. The average Bonchev–Trinajstić information content (AvgIpc) is 3.18. The van der Waals surface area contributed by atoms with Gasteiger partial charge < -0.3 is 14.0 Å². The molecule has 4 aromatic rings. The van der Waals surface area contributed by atoms with Gasteiger partial charge in [0, 0.05) is 17.3 Å². The molecule has 3 aromatic carbocycles. The number of imide groups is 1. The standard InChI is InChI=1S/C30H25IN2O5/c1-19-15-26(27(31)30(36)32(19)17-21-10-5-8-14-25(21)37-2)38-18-22-11-4-3-9-20(22)16-33-28(34)23-12-6-7-13-24(23)29(33)35/h3-15H,16-18H2,1-2H3. The Morgan fingerprint density at radius 2 is 1.32 bits per heavy atom. The number of pyridine rings is 1. The van der Waals surface area contributed by atoms with Crippen LogP contribution in [0, 0.1) is 10.5 Å². The molecule has 0 saturated carbocycles. The lowest BCUT2D eigenvalue weighted by Crippen LogP contribution is -2.29. The normalized spacial score (nSPS) is 12.6. The van der Waals surface area contributed by atoms with E-state index in [1.54, 1.807) is 35.9 Å². The van der Waals surface area contributed by atoms with E-state index in [0.29, 0.717) is 27.0 Å². The summed E-state index contributed by atoms with van der Waals surface area (Å²) in [5, 5.41) is 0. The minimum atomic E-state index is -0.301. The van der Waals surface area contributed by atoms with E-state index in [4.69, 9.17) is 9.47 Å². The lowest BCUT2D eigenvalue weighted by molar-refractivity contribution is 0.0641. The molecule has 0 fully saturated rings. The van der Waals surface area contributed by atoms with Gasteiger partial charge in [-0.25, -0.2) is 0 Å². The van der Waals surface area contributed by atoms with Crippen LogP contribution < -0.4 is 15.0 Å². The highest BCUT2D eigenvalue weighted by Gasteiger charge is 2.35. The molecule has 1 aromatic heterocycles. The molecule has 192 valence electrons. The molecular weight excluding hydrogens is 595 g/mol. The third-order valence-corrected chi connectivity index (χ3v) is 7.64. The lowest BCUT2D eigenvalue weighted by Gasteiger charge is -2.18. The van der Waals surface area contributed by atoms with E-state index in [2.05, 4.69) is 0 Å². The van der Waals surface area contributed by atoms with Crippen LogP contribution in [0.5, 0.6) is 11.5 Å². The lowest BCUT2D eigenvalue weighted by atomic mass is 10.1. The second-order valence-electron chi connectivity index (χ2n) is 8.97. The van der Waals surface area contributed by atoms with E-state index in [-0.39, 0.29) is 30.5 Å². The van der Waals surface area contributed by atoms with Crippen LogP contribution >= 0.6 is 22.6 Å². The van der Waals surface area contributed by atoms with Gasteiger partial charge in [0.1, 0.15) is 21.7 Å². The number of fused-ring (bicyclic) bond motifs is 1. The van der Waals surface area contributed by atoms with Gasteiger partial charge in [-0.2, -0.15) is 0 Å². The summed E-state index contributed by atoms with van der Waals surface area (Å²) in [6, 6.07) is 23.8. The Bertz CT molecular complexity index is 1580. The Balaban J connectivity index is 1.35. The number of rotatable bonds is 8. The summed E-state index contributed by atoms with van der Waals surface area (Å²) in [6.45, 7) is 2.58. The molecule has 8 heteroatoms. The zero-order chi connectivity index (χ0) is 26.8. The summed E-state index contributed by atoms with van der Waals surface area (Å²) in [5.41, 5.74) is 4.00. The molecule has 1 aliphatic heterocycles. The summed E-state index contributed by atoms with van der Waals surface area (Å²) >= 11 is 2.02. The SMILES string of the molecule is COc1ccccc1Cn1c(C)cc(OCc2ccccc2CN2C(=O)c3ccccc3C2=O)c(I)c1=O. The van der Waals surface area contributed by atoms with Gasteiger partial charge in [0.25, 0.3) is 17.4 Å². The highest BCUT2D eigenvalue weighted by atomic mass is 127. The highest BCUT2D eigenvalue weighted by molar-refractivity contribution is 14.1. The average molecular weight is 620 g/mol. The number of hydrogen-bond acceptors (Lipinski definition) is 5. The Morgan fingerprint density at radius 1 is 0.737 bits per heavy atom. The topological polar surface area (TPSA) is 77.8 Å². The van der Waals surface area contributed by atoms with Gasteiger partial charge in [-0.3, -0.25) is 19.3 Å². The number of methoxy groups -OCH3 is 1. The third-order valence-electron chi connectivity index (χ3n) is 6.64. The fourth-order valence-corrected chi connectivity index (χ4v) is 5.18. The summed E-state index contributed by atoms with van der Waals surface area (Å²) in [6.07, 6.45) is 0. The van der Waals surface area contributed by atoms with E-state index in [1.165, 1.54) is 4.90 Å². The first-order chi connectivity index (χ1) is 18.4. The zero-order valence-electron chi connectivity index (χ0n) is 20.9. The summed E-state index contributed by atoms with van der Waals surface area (Å²) in [5.74, 6) is 0.610. The molecule has 0 N–H and O–H groups in total. The molecule has 0 unspecified atom stereocenters. The van der Waals surface area contributed by atoms with Crippen LogP contribution in [-0.2, 0) is 19.7 Å². The van der Waals surface area contributed by atoms with Gasteiger partial charge in [0.15, 0.2) is 0 Å². The minimum absolute atomic E-state index is 0.141. The predicted octanol–water partition coefficient (Wildman–Crippen LogP) is 5.19. The molecule has 2 amide bonds. The molecule has 7 nitrogen and oxygen atoms in total. The first-order valence-electron chi connectivity index (χ1n) is 12.1. The van der Waals surface area contributed by atoms with Gasteiger partial charge >= 0.3 is 0 Å². The number of ether oxygens (including phenoxy) is 2. The molecular formula is C30H25IN2O5. The van der Waals surface area contributed by atoms with Crippen LogP contribution in [0.15, 0.2) is 83.7 Å². The number of nitrogens with zero attached hydrogens (tertiary/aromatic N) is 2. The maximum atomic E-state index is 13.3. The molecule has 0 atom stereocenters. The van der Waals surface area contributed by atoms with Crippen LogP contribution in [0.1, 0.15) is 43.1 Å². The van der Waals surface area contributed by atoms with Gasteiger partial charge in [0.05, 0.1) is 31.3 Å². The Labute approximate surface area is 233 Å². The number of halogens is 1. The molecule has 0 saturated heterocycles. The maximum Gasteiger partial charge on any atom is 0.268 e. The van der Waals surface area contributed by atoms with E-state index in [9.17, 15) is 14.4 Å². The summed E-state index contributed by atoms with van der Waals surface area (Å²) in [4.78, 5) is 40.2. The quantitative estimate of drug-likeness (QED) is 0.200. The van der Waals surface area contributed by atoms with Crippen molar-refractivity contribution in [2.24, 2.45) is 0 Å². The molecule has 5 rings (SSSR count). The first kappa shape index (κ1) is 25.7. The van der Waals surface area contributed by atoms with Crippen molar-refractivity contribution in [3.63, 3.8) is 0 Å². The largest absolute Gasteiger partial charge is 0.496 e. The van der Waals surface area contributed by atoms with Crippen LogP contribution in [0.2, 0.25) is 0 Å². The second-order valence-corrected chi connectivity index (χ2v) is 10.0. The van der Waals surface area contributed by atoms with Crippen molar-refractivity contribution in [1.82, 2.24) is 9.47 Å². The van der Waals surface area contributed by atoms with Crippen LogP contribution in [-0.4, -0.2) is 28.4 Å². The molecule has 2 heterocycles. The van der Waals surface area contributed by atoms with Crippen molar-refractivity contribution < 1.29 is 19.1 Å². The van der Waals surface area contributed by atoms with E-state index in [0.717, 1.165) is 28.1 Å². The number of amides is 2. The number of carbonyl (C=O) groups excluding carboxylic acids is 2. The van der Waals surface area contributed by atoms with Gasteiger partial charge in [-0.15, -0.1) is 0 Å². The predicted molar refractivity (Wildman–Crippen MR) is 152 cm³/mol. The smallest absolute Gasteiger partial charge is 0.268 e. The number of carbonyl (C=O) groups is 2. The van der Waals surface area contributed by atoms with Crippen LogP contribution in [0.4, 0.5) is 0 Å². The van der Waals surface area contributed by atoms with Crippen molar-refractivity contribution in [3.8, 4) is 11.5 Å². The monoisotopic (exact) mass is 620 g/mol. The number of benzene rings is 3. The van der Waals surface area contributed by atoms with E-state index in [1.807, 2.05) is 84.1 Å². The minimum Gasteiger partial charge on any atom is -0.496 e. The fourth-order valence-electron chi connectivity index (χ4n) is 4.58. The Kier molecular flexibility index (Phi) is 7.33. The van der Waals surface area contributed by atoms with Gasteiger partial charge in [-0.1, -0.05) is 54.6 Å². The van der Waals surface area contributed by atoms with Crippen molar-refractivity contribution in [2.45, 2.75) is 26.6 Å². The number of aromatic nitrogens is 1. The van der Waals surface area contributed by atoms with Crippen molar-refractivity contribution in [3.05, 3.63) is 126 Å². The molecule has 1 aliphatic rings. The van der Waals surface area contributed by atoms with Crippen molar-refractivity contribution in [1.29, 1.82) is 0 Å². The maximum absolute atomic E-state index is 13.3. The first-order valence-corrected chi connectivity index (χ1v) is 13.1. The third kappa shape index (κ3) is 4.83. The fraction of sp³-hybridized carbons (Fsp3) is 0.167. The summed E-state index contributed by atoms with van der Waals surface area (Å²) in [7, 11) is 1.61. The van der Waals surface area contributed by atoms with E-state index >= 15 is 0 Å². The number of aryl methyl sites for hydroxylation is 1. The number of hydrogen-bond donors (Lipinski definition) is 0. The molecule has 0 aliphatic carbocycles. The van der Waals surface area contributed by atoms with E-state index < -0.39 is 0 Å². The number of para-hydroxylation sites is 1. The summed E-state index contributed by atoms with van der Waals surface area (Å²) < 4.78 is 13.7. The van der Waals surface area contributed by atoms with Crippen molar-refractivity contribution >= 4 is 34.4 Å². The van der Waals surface area contributed by atoms with Crippen molar-refractivity contribution in [2.75, 3.05) is 7.11 Å². The Morgan fingerprint density at radius 3 is 1.97 bits per heavy atom. The molecule has 38 heavy (non-hydrogen) atoms. The van der Waals surface area contributed by atoms with Gasteiger partial charge in [0.2, 0.25) is 0 Å². The van der Waals surface area contributed by atoms with Gasteiger partial charge in [-0.05, 0) is 58.8 Å². The Hall–Kier alpha value is -3.92. The molecule has 0 radical (unpaired) electrons. The molecule has 0 spiro atoms.